The number of amidine groups is 1. The van der Waals surface area contributed by atoms with Crippen LogP contribution in [0.15, 0.2) is 47.5 Å². The number of thioether (sulfide) groups is 1. The van der Waals surface area contributed by atoms with Gasteiger partial charge >= 0.3 is 0 Å². The lowest BCUT2D eigenvalue weighted by Gasteiger charge is -2.21. The average Bonchev–Trinajstić information content (AvgIpc) is 3.13. The molecule has 1 aliphatic rings. The molecule has 2 aromatic carbocycles. The summed E-state index contributed by atoms with van der Waals surface area (Å²) in [5.74, 6) is 1.18. The molecule has 27 heavy (non-hydrogen) atoms. The molecular formula is C20H18ClN3O2S. The van der Waals surface area contributed by atoms with E-state index in [0.717, 1.165) is 17.0 Å². The van der Waals surface area contributed by atoms with Crippen molar-refractivity contribution in [3.8, 4) is 11.8 Å². The zero-order valence-corrected chi connectivity index (χ0v) is 16.5. The van der Waals surface area contributed by atoms with Gasteiger partial charge in [-0.15, -0.1) is 0 Å². The number of hydrogen-bond acceptors (Lipinski definition) is 5. The predicted octanol–water partition coefficient (Wildman–Crippen LogP) is 4.55. The molecule has 1 heterocycles. The summed E-state index contributed by atoms with van der Waals surface area (Å²) in [5.41, 5.74) is 2.18. The summed E-state index contributed by atoms with van der Waals surface area (Å²) in [7, 11) is 0. The number of nitriles is 1. The van der Waals surface area contributed by atoms with Crippen molar-refractivity contribution in [1.29, 1.82) is 5.26 Å². The first-order chi connectivity index (χ1) is 13.0. The van der Waals surface area contributed by atoms with E-state index < -0.39 is 6.10 Å². The van der Waals surface area contributed by atoms with E-state index in [2.05, 4.69) is 11.1 Å². The van der Waals surface area contributed by atoms with Crippen LogP contribution in [-0.2, 0) is 4.79 Å². The quantitative estimate of drug-likeness (QED) is 0.756. The summed E-state index contributed by atoms with van der Waals surface area (Å²) in [5, 5.41) is 10.2. The molecule has 2 aromatic rings. The number of carbonyl (C=O) groups excluding carboxylic acids is 1. The number of amides is 1. The molecule has 1 unspecified atom stereocenters. The second-order valence-corrected chi connectivity index (χ2v) is 7.48. The number of carbonyl (C=O) groups is 1. The maximum absolute atomic E-state index is 12.9. The van der Waals surface area contributed by atoms with Crippen molar-refractivity contribution < 1.29 is 9.53 Å². The molecule has 5 nitrogen and oxygen atoms in total. The molecule has 1 fully saturated rings. The summed E-state index contributed by atoms with van der Waals surface area (Å²) in [6, 6.07) is 14.3. The highest BCUT2D eigenvalue weighted by Crippen LogP contribution is 2.29. The van der Waals surface area contributed by atoms with Gasteiger partial charge in [-0.05, 0) is 55.8 Å². The van der Waals surface area contributed by atoms with E-state index in [9.17, 15) is 4.79 Å². The van der Waals surface area contributed by atoms with Crippen molar-refractivity contribution in [3.63, 3.8) is 0 Å². The van der Waals surface area contributed by atoms with Gasteiger partial charge in [0.15, 0.2) is 11.3 Å². The highest BCUT2D eigenvalue weighted by Gasteiger charge is 2.30. The number of hydrogen-bond donors (Lipinski definition) is 0. The van der Waals surface area contributed by atoms with Crippen molar-refractivity contribution in [1.82, 2.24) is 4.90 Å². The van der Waals surface area contributed by atoms with Crippen LogP contribution in [0, 0.1) is 18.3 Å². The smallest absolute Gasteiger partial charge is 0.269 e. The summed E-state index contributed by atoms with van der Waals surface area (Å²) in [4.78, 5) is 19.1. The van der Waals surface area contributed by atoms with Crippen LogP contribution >= 0.6 is 23.4 Å². The van der Waals surface area contributed by atoms with Crippen LogP contribution < -0.4 is 4.74 Å². The Morgan fingerprint density at radius 3 is 2.78 bits per heavy atom. The molecule has 138 valence electrons. The summed E-state index contributed by atoms with van der Waals surface area (Å²) < 4.78 is 5.74. The van der Waals surface area contributed by atoms with Gasteiger partial charge in [0.1, 0.15) is 5.75 Å². The number of halogens is 1. The lowest BCUT2D eigenvalue weighted by atomic mass is 10.2. The number of aliphatic imine (C=N–C) groups is 1. The van der Waals surface area contributed by atoms with E-state index >= 15 is 0 Å². The monoisotopic (exact) mass is 399 g/mol. The van der Waals surface area contributed by atoms with Gasteiger partial charge in [-0.3, -0.25) is 9.69 Å². The van der Waals surface area contributed by atoms with Crippen LogP contribution in [-0.4, -0.2) is 34.4 Å². The molecule has 0 bridgehead atoms. The first kappa shape index (κ1) is 19.3. The molecule has 0 N–H and O–H groups in total. The Morgan fingerprint density at radius 2 is 2.07 bits per heavy atom. The maximum atomic E-state index is 12.9. The van der Waals surface area contributed by atoms with E-state index in [0.29, 0.717) is 28.0 Å². The Labute approximate surface area is 167 Å². The molecule has 1 atom stereocenters. The molecule has 0 spiro atoms. The van der Waals surface area contributed by atoms with E-state index in [1.807, 2.05) is 25.1 Å². The third kappa shape index (κ3) is 4.44. The Kier molecular flexibility index (Phi) is 6.04. The first-order valence-electron chi connectivity index (χ1n) is 8.44. The minimum atomic E-state index is -0.665. The van der Waals surface area contributed by atoms with Crippen LogP contribution in [0.5, 0.6) is 5.75 Å². The molecule has 1 aliphatic heterocycles. The normalized spacial score (nSPS) is 16.2. The minimum Gasteiger partial charge on any atom is -0.481 e. The Hall–Kier alpha value is -2.49. The SMILES string of the molecule is Cc1c(Cl)cccc1N=C1SCCN1C(=O)C(C)Oc1ccc(C#N)cc1. The third-order valence-corrected chi connectivity index (χ3v) is 5.51. The summed E-state index contributed by atoms with van der Waals surface area (Å²) in [6.45, 7) is 4.21. The topological polar surface area (TPSA) is 65.7 Å². The molecule has 1 amide bonds. The van der Waals surface area contributed by atoms with E-state index in [-0.39, 0.29) is 5.91 Å². The molecule has 0 saturated carbocycles. The van der Waals surface area contributed by atoms with Crippen LogP contribution in [0.4, 0.5) is 5.69 Å². The van der Waals surface area contributed by atoms with Crippen molar-refractivity contribution >= 4 is 40.1 Å². The highest BCUT2D eigenvalue weighted by molar-refractivity contribution is 8.14. The van der Waals surface area contributed by atoms with Gasteiger partial charge in [0.05, 0.1) is 17.3 Å². The third-order valence-electron chi connectivity index (χ3n) is 4.14. The van der Waals surface area contributed by atoms with Gasteiger partial charge < -0.3 is 4.74 Å². The number of nitrogens with zero attached hydrogens (tertiary/aromatic N) is 3. The Balaban J connectivity index is 1.75. The molecule has 0 radical (unpaired) electrons. The second kappa shape index (κ2) is 8.47. The summed E-state index contributed by atoms with van der Waals surface area (Å²) in [6.07, 6.45) is -0.665. The molecule has 0 aliphatic carbocycles. The largest absolute Gasteiger partial charge is 0.481 e. The van der Waals surface area contributed by atoms with Gasteiger partial charge in [0, 0.05) is 17.3 Å². The Bertz CT molecular complexity index is 922. The molecular weight excluding hydrogens is 382 g/mol. The van der Waals surface area contributed by atoms with Gasteiger partial charge in [0.25, 0.3) is 5.91 Å². The highest BCUT2D eigenvalue weighted by atomic mass is 35.5. The van der Waals surface area contributed by atoms with Crippen LogP contribution in [0.1, 0.15) is 18.1 Å². The van der Waals surface area contributed by atoms with Crippen molar-refractivity contribution in [2.45, 2.75) is 20.0 Å². The lowest BCUT2D eigenvalue weighted by Crippen LogP contribution is -2.41. The second-order valence-electron chi connectivity index (χ2n) is 6.01. The maximum Gasteiger partial charge on any atom is 0.269 e. The minimum absolute atomic E-state index is 0.150. The fourth-order valence-corrected chi connectivity index (χ4v) is 3.73. The summed E-state index contributed by atoms with van der Waals surface area (Å²) >= 11 is 7.70. The van der Waals surface area contributed by atoms with Crippen molar-refractivity contribution in [2.75, 3.05) is 12.3 Å². The van der Waals surface area contributed by atoms with Gasteiger partial charge in [-0.25, -0.2) is 4.99 Å². The standard InChI is InChI=1S/C20H18ClN3O2S/c1-13-17(21)4-3-5-18(13)23-20-24(10-11-27-20)19(25)14(2)26-16-8-6-15(12-22)7-9-16/h3-9,14H,10-11H2,1-2H3. The number of ether oxygens (including phenoxy) is 1. The van der Waals surface area contributed by atoms with Crippen LogP contribution in [0.3, 0.4) is 0 Å². The molecule has 3 rings (SSSR count). The van der Waals surface area contributed by atoms with Gasteiger partial charge in [-0.1, -0.05) is 29.4 Å². The molecule has 7 heteroatoms. The van der Waals surface area contributed by atoms with E-state index in [1.54, 1.807) is 36.1 Å². The first-order valence-corrected chi connectivity index (χ1v) is 9.80. The van der Waals surface area contributed by atoms with E-state index in [1.165, 1.54) is 11.8 Å². The van der Waals surface area contributed by atoms with E-state index in [4.69, 9.17) is 21.6 Å². The fraction of sp³-hybridized carbons (Fsp3) is 0.250. The fourth-order valence-electron chi connectivity index (χ4n) is 2.60. The van der Waals surface area contributed by atoms with Crippen molar-refractivity contribution in [2.24, 2.45) is 4.99 Å². The lowest BCUT2D eigenvalue weighted by molar-refractivity contribution is -0.133. The zero-order chi connectivity index (χ0) is 19.4. The van der Waals surface area contributed by atoms with Gasteiger partial charge in [0.2, 0.25) is 0 Å². The van der Waals surface area contributed by atoms with Crippen LogP contribution in [0.2, 0.25) is 5.02 Å². The van der Waals surface area contributed by atoms with Crippen LogP contribution in [0.25, 0.3) is 0 Å². The predicted molar refractivity (Wildman–Crippen MR) is 109 cm³/mol. The van der Waals surface area contributed by atoms with Crippen molar-refractivity contribution in [3.05, 3.63) is 58.6 Å². The molecule has 1 saturated heterocycles. The van der Waals surface area contributed by atoms with Gasteiger partial charge in [-0.2, -0.15) is 5.26 Å². The molecule has 0 aromatic heterocycles. The Morgan fingerprint density at radius 1 is 1.33 bits per heavy atom. The number of rotatable bonds is 4. The number of benzene rings is 2. The zero-order valence-electron chi connectivity index (χ0n) is 15.0. The average molecular weight is 400 g/mol.